The maximum atomic E-state index is 13.5. The number of hydrogen-bond acceptors (Lipinski definition) is 3. The van der Waals surface area contributed by atoms with Crippen molar-refractivity contribution in [2.24, 2.45) is 0 Å². The van der Waals surface area contributed by atoms with Crippen LogP contribution < -0.4 is 10.2 Å². The highest BCUT2D eigenvalue weighted by Crippen LogP contribution is 2.22. The van der Waals surface area contributed by atoms with Crippen molar-refractivity contribution in [2.45, 2.75) is 18.7 Å². The smallest absolute Gasteiger partial charge is 0.234 e. The van der Waals surface area contributed by atoms with E-state index in [1.54, 1.807) is 18.2 Å². The van der Waals surface area contributed by atoms with Crippen LogP contribution in [-0.2, 0) is 4.79 Å². The lowest BCUT2D eigenvalue weighted by Gasteiger charge is -2.21. The minimum Gasteiger partial charge on any atom is -0.372 e. The van der Waals surface area contributed by atoms with Gasteiger partial charge in [0, 0.05) is 29.4 Å². The van der Waals surface area contributed by atoms with E-state index in [1.807, 2.05) is 24.3 Å². The van der Waals surface area contributed by atoms with E-state index in [9.17, 15) is 9.18 Å². The number of nitrogens with one attached hydrogen (secondary N) is 1. The third kappa shape index (κ3) is 4.99. The number of hydrogen-bond donors (Lipinski definition) is 1. The average molecular weight is 332 g/mol. The maximum Gasteiger partial charge on any atom is 0.234 e. The number of carbonyl (C=O) groups is 1. The molecule has 0 aliphatic heterocycles. The Morgan fingerprint density at radius 3 is 2.35 bits per heavy atom. The van der Waals surface area contributed by atoms with Crippen molar-refractivity contribution in [1.29, 1.82) is 0 Å². The largest absolute Gasteiger partial charge is 0.372 e. The van der Waals surface area contributed by atoms with Gasteiger partial charge < -0.3 is 10.2 Å². The SMILES string of the molecule is CCN(CC)c1ccc(NC(=O)CSc2ccccc2F)cc1. The molecule has 0 aliphatic carbocycles. The molecule has 122 valence electrons. The topological polar surface area (TPSA) is 32.3 Å². The standard InChI is InChI=1S/C18H21FN2OS/c1-3-21(4-2)15-11-9-14(10-12-15)20-18(22)13-23-17-8-6-5-7-16(17)19/h5-12H,3-4,13H2,1-2H3,(H,20,22). The van der Waals surface area contributed by atoms with E-state index in [-0.39, 0.29) is 17.5 Å². The summed E-state index contributed by atoms with van der Waals surface area (Å²) >= 11 is 1.19. The Balaban J connectivity index is 1.89. The highest BCUT2D eigenvalue weighted by molar-refractivity contribution is 8.00. The molecule has 1 amide bonds. The summed E-state index contributed by atoms with van der Waals surface area (Å²) in [5.41, 5.74) is 1.88. The van der Waals surface area contributed by atoms with Crippen molar-refractivity contribution in [1.82, 2.24) is 0 Å². The van der Waals surface area contributed by atoms with E-state index in [0.29, 0.717) is 4.90 Å². The number of halogens is 1. The second-order valence-electron chi connectivity index (χ2n) is 4.99. The molecule has 0 saturated carbocycles. The summed E-state index contributed by atoms with van der Waals surface area (Å²) in [6, 6.07) is 14.2. The highest BCUT2D eigenvalue weighted by Gasteiger charge is 2.07. The number of thioether (sulfide) groups is 1. The summed E-state index contributed by atoms with van der Waals surface area (Å²) in [5, 5.41) is 2.83. The Bertz CT molecular complexity index is 642. The van der Waals surface area contributed by atoms with Gasteiger partial charge in [-0.1, -0.05) is 12.1 Å². The normalized spacial score (nSPS) is 10.4. The molecule has 1 N–H and O–H groups in total. The van der Waals surface area contributed by atoms with Crippen molar-refractivity contribution < 1.29 is 9.18 Å². The van der Waals surface area contributed by atoms with Gasteiger partial charge in [-0.05, 0) is 50.2 Å². The Morgan fingerprint density at radius 2 is 1.74 bits per heavy atom. The molecule has 0 spiro atoms. The Kier molecular flexibility index (Phi) is 6.47. The van der Waals surface area contributed by atoms with Gasteiger partial charge in [-0.2, -0.15) is 0 Å². The quantitative estimate of drug-likeness (QED) is 0.763. The molecule has 2 aromatic rings. The predicted molar refractivity (Wildman–Crippen MR) is 95.8 cm³/mol. The molecule has 0 aromatic heterocycles. The summed E-state index contributed by atoms with van der Waals surface area (Å²) in [7, 11) is 0. The number of amides is 1. The molecular formula is C18H21FN2OS. The van der Waals surface area contributed by atoms with E-state index < -0.39 is 0 Å². The first-order valence-corrected chi connectivity index (χ1v) is 8.64. The number of rotatable bonds is 7. The summed E-state index contributed by atoms with van der Waals surface area (Å²) in [5.74, 6) is -0.263. The zero-order valence-electron chi connectivity index (χ0n) is 13.4. The number of nitrogens with zero attached hydrogens (tertiary/aromatic N) is 1. The van der Waals surface area contributed by atoms with E-state index in [2.05, 4.69) is 24.1 Å². The fraction of sp³-hybridized carbons (Fsp3) is 0.278. The van der Waals surface area contributed by atoms with Crippen LogP contribution in [0.5, 0.6) is 0 Å². The number of benzene rings is 2. The average Bonchev–Trinajstić information content (AvgIpc) is 2.57. The van der Waals surface area contributed by atoms with Crippen LogP contribution in [0, 0.1) is 5.82 Å². The molecule has 0 radical (unpaired) electrons. The van der Waals surface area contributed by atoms with Gasteiger partial charge in [0.1, 0.15) is 5.82 Å². The van der Waals surface area contributed by atoms with Crippen molar-refractivity contribution in [2.75, 3.05) is 29.1 Å². The zero-order valence-corrected chi connectivity index (χ0v) is 14.2. The summed E-state index contributed by atoms with van der Waals surface area (Å²) in [6.45, 7) is 6.11. The summed E-state index contributed by atoms with van der Waals surface area (Å²) in [6.07, 6.45) is 0. The lowest BCUT2D eigenvalue weighted by molar-refractivity contribution is -0.113. The van der Waals surface area contributed by atoms with E-state index in [1.165, 1.54) is 17.8 Å². The Labute approximate surface area is 140 Å². The van der Waals surface area contributed by atoms with Crippen LogP contribution in [0.3, 0.4) is 0 Å². The molecule has 2 rings (SSSR count). The van der Waals surface area contributed by atoms with Crippen LogP contribution >= 0.6 is 11.8 Å². The molecular weight excluding hydrogens is 311 g/mol. The van der Waals surface area contributed by atoms with Crippen LogP contribution in [-0.4, -0.2) is 24.7 Å². The molecule has 0 heterocycles. The van der Waals surface area contributed by atoms with Gasteiger partial charge in [-0.25, -0.2) is 4.39 Å². The first-order valence-electron chi connectivity index (χ1n) is 7.66. The highest BCUT2D eigenvalue weighted by atomic mass is 32.2. The van der Waals surface area contributed by atoms with Crippen LogP contribution in [0.2, 0.25) is 0 Å². The fourth-order valence-corrected chi connectivity index (χ4v) is 2.99. The molecule has 5 heteroatoms. The minimum absolute atomic E-state index is 0.145. The number of carbonyl (C=O) groups excluding carboxylic acids is 1. The first-order chi connectivity index (χ1) is 11.1. The van der Waals surface area contributed by atoms with E-state index >= 15 is 0 Å². The van der Waals surface area contributed by atoms with Crippen molar-refractivity contribution in [3.63, 3.8) is 0 Å². The van der Waals surface area contributed by atoms with Gasteiger partial charge in [-0.3, -0.25) is 4.79 Å². The van der Waals surface area contributed by atoms with Crippen LogP contribution in [0.25, 0.3) is 0 Å². The van der Waals surface area contributed by atoms with Gasteiger partial charge in [-0.15, -0.1) is 11.8 Å². The zero-order chi connectivity index (χ0) is 16.7. The van der Waals surface area contributed by atoms with Gasteiger partial charge in [0.05, 0.1) is 5.75 Å². The molecule has 2 aromatic carbocycles. The Morgan fingerprint density at radius 1 is 1.09 bits per heavy atom. The first kappa shape index (κ1) is 17.3. The fourth-order valence-electron chi connectivity index (χ4n) is 2.25. The van der Waals surface area contributed by atoms with Gasteiger partial charge in [0.25, 0.3) is 0 Å². The van der Waals surface area contributed by atoms with Gasteiger partial charge in [0.2, 0.25) is 5.91 Å². The Hall–Kier alpha value is -2.01. The van der Waals surface area contributed by atoms with Crippen molar-refractivity contribution in [3.05, 3.63) is 54.3 Å². The molecule has 0 atom stereocenters. The molecule has 0 unspecified atom stereocenters. The van der Waals surface area contributed by atoms with Crippen molar-refractivity contribution in [3.8, 4) is 0 Å². The third-order valence-corrected chi connectivity index (χ3v) is 4.52. The second-order valence-corrected chi connectivity index (χ2v) is 6.00. The van der Waals surface area contributed by atoms with Crippen LogP contribution in [0.15, 0.2) is 53.4 Å². The van der Waals surface area contributed by atoms with E-state index in [0.717, 1.165) is 24.5 Å². The van der Waals surface area contributed by atoms with Crippen molar-refractivity contribution >= 4 is 29.0 Å². The molecule has 0 bridgehead atoms. The lowest BCUT2D eigenvalue weighted by Crippen LogP contribution is -2.21. The lowest BCUT2D eigenvalue weighted by atomic mass is 10.2. The molecule has 0 aliphatic rings. The van der Waals surface area contributed by atoms with Gasteiger partial charge in [0.15, 0.2) is 0 Å². The van der Waals surface area contributed by atoms with Crippen LogP contribution in [0.4, 0.5) is 15.8 Å². The molecule has 23 heavy (non-hydrogen) atoms. The predicted octanol–water partition coefficient (Wildman–Crippen LogP) is 4.40. The number of anilines is 2. The monoisotopic (exact) mass is 332 g/mol. The maximum absolute atomic E-state index is 13.5. The summed E-state index contributed by atoms with van der Waals surface area (Å²) < 4.78 is 13.5. The van der Waals surface area contributed by atoms with Gasteiger partial charge >= 0.3 is 0 Å². The third-order valence-electron chi connectivity index (χ3n) is 3.48. The molecule has 0 fully saturated rings. The summed E-state index contributed by atoms with van der Waals surface area (Å²) in [4.78, 5) is 14.7. The van der Waals surface area contributed by atoms with Crippen LogP contribution in [0.1, 0.15) is 13.8 Å². The second kappa shape index (κ2) is 8.58. The minimum atomic E-state index is -0.297. The molecule has 3 nitrogen and oxygen atoms in total. The molecule has 0 saturated heterocycles. The van der Waals surface area contributed by atoms with E-state index in [4.69, 9.17) is 0 Å².